The van der Waals surface area contributed by atoms with E-state index in [4.69, 9.17) is 15.6 Å². The summed E-state index contributed by atoms with van der Waals surface area (Å²) in [5.74, 6) is -0.459. The van der Waals surface area contributed by atoms with Crippen LogP contribution in [-0.4, -0.2) is 45.4 Å². The fraction of sp³-hybridized carbons (Fsp3) is 0.556. The van der Waals surface area contributed by atoms with Gasteiger partial charge in [0.25, 0.3) is 5.91 Å². The van der Waals surface area contributed by atoms with Crippen LogP contribution in [0.5, 0.6) is 0 Å². The summed E-state index contributed by atoms with van der Waals surface area (Å²) in [5, 5.41) is 19.3. The normalized spacial score (nSPS) is 29.5. The second-order valence-corrected chi connectivity index (χ2v) is 3.73. The average molecular weight is 227 g/mol. The Labute approximate surface area is 91.2 Å². The first-order chi connectivity index (χ1) is 7.58. The lowest BCUT2D eigenvalue weighted by Crippen LogP contribution is -2.39. The van der Waals surface area contributed by atoms with Gasteiger partial charge in [-0.3, -0.25) is 4.79 Å². The highest BCUT2D eigenvalue weighted by atomic mass is 16.5. The van der Waals surface area contributed by atoms with Gasteiger partial charge in [0.15, 0.2) is 5.60 Å². The monoisotopic (exact) mass is 227 g/mol. The van der Waals surface area contributed by atoms with Crippen LogP contribution < -0.4 is 5.73 Å². The van der Waals surface area contributed by atoms with E-state index >= 15 is 0 Å². The maximum Gasteiger partial charge on any atom is 0.266 e. The first-order valence-corrected chi connectivity index (χ1v) is 4.88. The number of hydrogen-bond acceptors (Lipinski definition) is 5. The fourth-order valence-corrected chi connectivity index (χ4v) is 1.80. The zero-order chi connectivity index (χ0) is 11.8. The molecule has 5 N–H and O–H groups in total. The predicted molar refractivity (Wildman–Crippen MR) is 52.4 cm³/mol. The third-order valence-corrected chi connectivity index (χ3v) is 2.75. The molecule has 0 radical (unpaired) electrons. The third kappa shape index (κ3) is 1.58. The molecule has 7 nitrogen and oxygen atoms in total. The third-order valence-electron chi connectivity index (χ3n) is 2.75. The van der Waals surface area contributed by atoms with Crippen molar-refractivity contribution in [2.75, 3.05) is 13.2 Å². The number of H-pyrrole nitrogens is 1. The van der Waals surface area contributed by atoms with E-state index in [1.807, 2.05) is 0 Å². The van der Waals surface area contributed by atoms with Crippen LogP contribution in [0.1, 0.15) is 22.7 Å². The molecule has 0 unspecified atom stereocenters. The van der Waals surface area contributed by atoms with Gasteiger partial charge in [-0.15, -0.1) is 0 Å². The number of imidazole rings is 1. The number of aliphatic hydroxyl groups is 2. The predicted octanol–water partition coefficient (Wildman–Crippen LogP) is -1.52. The van der Waals surface area contributed by atoms with Crippen molar-refractivity contribution >= 4 is 5.91 Å². The molecule has 1 saturated heterocycles. The topological polar surface area (TPSA) is 121 Å². The Morgan fingerprint density at radius 2 is 2.56 bits per heavy atom. The van der Waals surface area contributed by atoms with E-state index in [0.717, 1.165) is 0 Å². The molecule has 1 aromatic rings. The van der Waals surface area contributed by atoms with Crippen molar-refractivity contribution in [3.8, 4) is 0 Å². The molecule has 1 aromatic heterocycles. The molecule has 1 aliphatic rings. The molecule has 2 heterocycles. The van der Waals surface area contributed by atoms with E-state index < -0.39 is 17.6 Å². The fourth-order valence-electron chi connectivity index (χ4n) is 1.80. The molecule has 7 heteroatoms. The van der Waals surface area contributed by atoms with Gasteiger partial charge in [0.1, 0.15) is 17.6 Å². The standard InChI is InChI=1S/C9H13N3O4/c10-7(14)5-3-11-8(12-5)9(15)1-2-16-6(9)4-13/h3,6,13,15H,1-2,4H2,(H2,10,14)(H,11,12)/t6-,9-/m1/s1. The molecule has 0 aliphatic carbocycles. The molecule has 16 heavy (non-hydrogen) atoms. The number of aromatic amines is 1. The molecule has 0 aromatic carbocycles. The zero-order valence-corrected chi connectivity index (χ0v) is 8.51. The number of nitrogens with two attached hydrogens (primary N) is 1. The number of carbonyl (C=O) groups excluding carboxylic acids is 1. The highest BCUT2D eigenvalue weighted by Gasteiger charge is 2.46. The van der Waals surface area contributed by atoms with Crippen LogP contribution in [0.15, 0.2) is 6.20 Å². The number of hydrogen-bond donors (Lipinski definition) is 4. The molecular weight excluding hydrogens is 214 g/mol. The van der Waals surface area contributed by atoms with Crippen LogP contribution in [0.2, 0.25) is 0 Å². The van der Waals surface area contributed by atoms with Crippen molar-refractivity contribution < 1.29 is 19.7 Å². The average Bonchev–Trinajstić information content (AvgIpc) is 2.83. The van der Waals surface area contributed by atoms with E-state index in [0.29, 0.717) is 13.0 Å². The van der Waals surface area contributed by atoms with Gasteiger partial charge in [-0.2, -0.15) is 0 Å². The van der Waals surface area contributed by atoms with E-state index in [2.05, 4.69) is 9.97 Å². The number of nitrogens with zero attached hydrogens (tertiary/aromatic N) is 1. The Hall–Kier alpha value is -1.44. The van der Waals surface area contributed by atoms with Crippen LogP contribution in [0, 0.1) is 0 Å². The zero-order valence-electron chi connectivity index (χ0n) is 8.51. The molecule has 0 bridgehead atoms. The van der Waals surface area contributed by atoms with Gasteiger partial charge in [0.05, 0.1) is 19.4 Å². The number of rotatable bonds is 3. The summed E-state index contributed by atoms with van der Waals surface area (Å²) in [4.78, 5) is 17.4. The molecule has 0 spiro atoms. The van der Waals surface area contributed by atoms with Crippen molar-refractivity contribution in [3.63, 3.8) is 0 Å². The Morgan fingerprint density at radius 1 is 1.81 bits per heavy atom. The summed E-state index contributed by atoms with van der Waals surface area (Å²) >= 11 is 0. The molecule has 2 rings (SSSR count). The Bertz CT molecular complexity index is 405. The number of amides is 1. The SMILES string of the molecule is NC(=O)c1cnc([C@@]2(O)CCO[C@@H]2CO)[nH]1. The Balaban J connectivity index is 2.31. The summed E-state index contributed by atoms with van der Waals surface area (Å²) in [6, 6.07) is 0. The van der Waals surface area contributed by atoms with Gasteiger partial charge in [-0.25, -0.2) is 4.98 Å². The molecule has 1 fully saturated rings. The number of ether oxygens (including phenoxy) is 1. The molecule has 1 aliphatic heterocycles. The lowest BCUT2D eigenvalue weighted by molar-refractivity contribution is -0.0702. The van der Waals surface area contributed by atoms with Crippen LogP contribution in [0.3, 0.4) is 0 Å². The van der Waals surface area contributed by atoms with Crippen LogP contribution in [-0.2, 0) is 10.3 Å². The summed E-state index contributed by atoms with van der Waals surface area (Å²) < 4.78 is 5.17. The second kappa shape index (κ2) is 3.85. The van der Waals surface area contributed by atoms with Gasteiger partial charge in [0, 0.05) is 6.42 Å². The van der Waals surface area contributed by atoms with E-state index in [1.54, 1.807) is 0 Å². The lowest BCUT2D eigenvalue weighted by Gasteiger charge is -2.24. The Morgan fingerprint density at radius 3 is 3.12 bits per heavy atom. The lowest BCUT2D eigenvalue weighted by atomic mass is 9.95. The van der Waals surface area contributed by atoms with Gasteiger partial charge in [0.2, 0.25) is 0 Å². The summed E-state index contributed by atoms with van der Waals surface area (Å²) in [6.07, 6.45) is 0.825. The van der Waals surface area contributed by atoms with Crippen molar-refractivity contribution in [2.24, 2.45) is 5.73 Å². The smallest absolute Gasteiger partial charge is 0.266 e. The maximum atomic E-state index is 10.9. The van der Waals surface area contributed by atoms with Crippen molar-refractivity contribution in [3.05, 3.63) is 17.7 Å². The van der Waals surface area contributed by atoms with Crippen molar-refractivity contribution in [1.29, 1.82) is 0 Å². The van der Waals surface area contributed by atoms with Crippen molar-refractivity contribution in [2.45, 2.75) is 18.1 Å². The quantitative estimate of drug-likeness (QED) is 0.499. The van der Waals surface area contributed by atoms with Gasteiger partial charge in [-0.05, 0) is 0 Å². The highest BCUT2D eigenvalue weighted by Crippen LogP contribution is 2.33. The highest BCUT2D eigenvalue weighted by molar-refractivity contribution is 5.90. The number of aromatic nitrogens is 2. The minimum atomic E-state index is -1.39. The van der Waals surface area contributed by atoms with E-state index in [9.17, 15) is 9.90 Å². The van der Waals surface area contributed by atoms with Crippen molar-refractivity contribution in [1.82, 2.24) is 9.97 Å². The van der Waals surface area contributed by atoms with Crippen LogP contribution >= 0.6 is 0 Å². The minimum absolute atomic E-state index is 0.118. The van der Waals surface area contributed by atoms with Gasteiger partial charge >= 0.3 is 0 Å². The van der Waals surface area contributed by atoms with Gasteiger partial charge in [-0.1, -0.05) is 0 Å². The molecule has 2 atom stereocenters. The summed E-state index contributed by atoms with van der Waals surface area (Å²) in [5.41, 5.74) is 3.79. The molecular formula is C9H13N3O4. The number of primary amides is 1. The second-order valence-electron chi connectivity index (χ2n) is 3.73. The van der Waals surface area contributed by atoms with Crippen LogP contribution in [0.4, 0.5) is 0 Å². The minimum Gasteiger partial charge on any atom is -0.394 e. The number of nitrogens with one attached hydrogen (secondary N) is 1. The first-order valence-electron chi connectivity index (χ1n) is 4.88. The summed E-state index contributed by atoms with van der Waals surface area (Å²) in [7, 11) is 0. The largest absolute Gasteiger partial charge is 0.394 e. The molecule has 1 amide bonds. The number of carbonyl (C=O) groups is 1. The maximum absolute atomic E-state index is 10.9. The van der Waals surface area contributed by atoms with E-state index in [-0.39, 0.29) is 18.1 Å². The van der Waals surface area contributed by atoms with Gasteiger partial charge < -0.3 is 25.7 Å². The molecule has 88 valence electrons. The van der Waals surface area contributed by atoms with E-state index in [1.165, 1.54) is 6.20 Å². The summed E-state index contributed by atoms with van der Waals surface area (Å²) in [6.45, 7) is 0.0113. The Kier molecular flexibility index (Phi) is 2.66. The van der Waals surface area contributed by atoms with Crippen LogP contribution in [0.25, 0.3) is 0 Å². The first kappa shape index (κ1) is 11.1. The number of aliphatic hydroxyl groups excluding tert-OH is 1. The molecule has 0 saturated carbocycles.